The number of rotatable bonds is 7. The maximum absolute atomic E-state index is 14.1. The zero-order valence-electron chi connectivity index (χ0n) is 23.1. The Morgan fingerprint density at radius 3 is 2.49 bits per heavy atom. The van der Waals surface area contributed by atoms with Gasteiger partial charge in [0, 0.05) is 34.9 Å². The summed E-state index contributed by atoms with van der Waals surface area (Å²) in [6.45, 7) is 7.24. The number of anilines is 1. The van der Waals surface area contributed by atoms with Gasteiger partial charge in [-0.25, -0.2) is 4.99 Å². The summed E-state index contributed by atoms with van der Waals surface area (Å²) in [5, 5.41) is 4.08. The van der Waals surface area contributed by atoms with Crippen molar-refractivity contribution >= 4 is 39.9 Å². The van der Waals surface area contributed by atoms with Gasteiger partial charge in [-0.15, -0.1) is 0 Å². The number of ether oxygens (including phenoxy) is 1. The molecule has 0 aliphatic carbocycles. The number of fused-ring (bicyclic) bond motifs is 2. The van der Waals surface area contributed by atoms with E-state index < -0.39 is 6.04 Å². The SMILES string of the molecule is CCOc1ccc([C@H]2C(C(=O)Nc3ccccc3)=C(C)N=c3s/c(=C\c4cn(CC)c5ccccc45)c(=O)n32)cc1. The number of carbonyl (C=O) groups is 1. The van der Waals surface area contributed by atoms with Crippen molar-refractivity contribution in [2.24, 2.45) is 4.99 Å². The zero-order chi connectivity index (χ0) is 28.5. The smallest absolute Gasteiger partial charge is 0.271 e. The first-order valence-corrected chi connectivity index (χ1v) is 14.5. The number of para-hydroxylation sites is 2. The Morgan fingerprint density at radius 1 is 1.02 bits per heavy atom. The van der Waals surface area contributed by atoms with Crippen LogP contribution in [0, 0.1) is 0 Å². The highest BCUT2D eigenvalue weighted by Gasteiger charge is 2.32. The van der Waals surface area contributed by atoms with Crippen LogP contribution in [0.25, 0.3) is 17.0 Å². The molecule has 6 rings (SSSR count). The van der Waals surface area contributed by atoms with Crippen molar-refractivity contribution in [3.8, 4) is 5.75 Å². The minimum absolute atomic E-state index is 0.182. The molecule has 3 aromatic carbocycles. The molecule has 1 aliphatic rings. The maximum Gasteiger partial charge on any atom is 0.271 e. The predicted octanol–water partition coefficient (Wildman–Crippen LogP) is 5.25. The Hall–Kier alpha value is -4.69. The van der Waals surface area contributed by atoms with E-state index >= 15 is 0 Å². The Bertz CT molecular complexity index is 1960. The van der Waals surface area contributed by atoms with Crippen molar-refractivity contribution in [3.05, 3.63) is 127 Å². The van der Waals surface area contributed by atoms with E-state index in [4.69, 9.17) is 9.73 Å². The molecule has 0 spiro atoms. The highest BCUT2D eigenvalue weighted by atomic mass is 32.1. The molecule has 1 atom stereocenters. The van der Waals surface area contributed by atoms with Crippen LogP contribution in [0.3, 0.4) is 0 Å². The van der Waals surface area contributed by atoms with Crippen LogP contribution in [0.15, 0.2) is 106 Å². The van der Waals surface area contributed by atoms with E-state index in [9.17, 15) is 9.59 Å². The van der Waals surface area contributed by atoms with Gasteiger partial charge in [-0.3, -0.25) is 14.2 Å². The molecule has 1 N–H and O–H groups in total. The average Bonchev–Trinajstić information content (AvgIpc) is 3.50. The number of nitrogens with zero attached hydrogens (tertiary/aromatic N) is 3. The molecular formula is C33H30N4O3S. The normalized spacial score (nSPS) is 15.1. The minimum atomic E-state index is -0.648. The molecule has 2 aromatic heterocycles. The summed E-state index contributed by atoms with van der Waals surface area (Å²) in [4.78, 5) is 33.2. The third-order valence-corrected chi connectivity index (χ3v) is 8.23. The zero-order valence-corrected chi connectivity index (χ0v) is 23.9. The van der Waals surface area contributed by atoms with Gasteiger partial charge in [-0.1, -0.05) is 59.9 Å². The van der Waals surface area contributed by atoms with Crippen LogP contribution in [0.5, 0.6) is 5.75 Å². The molecule has 1 amide bonds. The molecule has 0 unspecified atom stereocenters. The fourth-order valence-corrected chi connectivity index (χ4v) is 6.39. The van der Waals surface area contributed by atoms with Gasteiger partial charge in [-0.05, 0) is 62.7 Å². The summed E-state index contributed by atoms with van der Waals surface area (Å²) in [7, 11) is 0. The first-order chi connectivity index (χ1) is 20.0. The monoisotopic (exact) mass is 562 g/mol. The van der Waals surface area contributed by atoms with Gasteiger partial charge in [0.25, 0.3) is 11.5 Å². The van der Waals surface area contributed by atoms with E-state index in [0.717, 1.165) is 34.3 Å². The number of aromatic nitrogens is 2. The second-order valence-corrected chi connectivity index (χ2v) is 10.8. The molecular weight excluding hydrogens is 532 g/mol. The van der Waals surface area contributed by atoms with Crippen LogP contribution in [0.1, 0.15) is 37.9 Å². The number of carbonyl (C=O) groups excluding carboxylic acids is 1. The molecule has 0 fully saturated rings. The van der Waals surface area contributed by atoms with Crippen molar-refractivity contribution in [2.45, 2.75) is 33.4 Å². The van der Waals surface area contributed by atoms with E-state index in [0.29, 0.717) is 32.9 Å². The Balaban J connectivity index is 1.52. The lowest BCUT2D eigenvalue weighted by Crippen LogP contribution is -2.40. The minimum Gasteiger partial charge on any atom is -0.494 e. The van der Waals surface area contributed by atoms with Crippen LogP contribution in [0.4, 0.5) is 5.69 Å². The van der Waals surface area contributed by atoms with Crippen molar-refractivity contribution in [1.82, 2.24) is 9.13 Å². The third kappa shape index (κ3) is 4.91. The van der Waals surface area contributed by atoms with Crippen LogP contribution >= 0.6 is 11.3 Å². The molecule has 0 saturated carbocycles. The summed E-state index contributed by atoms with van der Waals surface area (Å²) in [5.74, 6) is 0.434. The van der Waals surface area contributed by atoms with Crippen molar-refractivity contribution in [3.63, 3.8) is 0 Å². The number of aryl methyl sites for hydroxylation is 1. The van der Waals surface area contributed by atoms with Crippen molar-refractivity contribution in [2.75, 3.05) is 11.9 Å². The number of hydrogen-bond acceptors (Lipinski definition) is 5. The first-order valence-electron chi connectivity index (χ1n) is 13.7. The standard InChI is InChI=1S/C33H30N4O3S/c1-4-36-20-23(26-13-9-10-14-27(26)36)19-28-32(39)37-30(22-15-17-25(18-16-22)40-5-2)29(21(3)34-33(37)41-28)31(38)35-24-11-7-6-8-12-24/h6-20,30H,4-5H2,1-3H3,(H,35,38)/b28-19-/t30-/m0/s1. The van der Waals surface area contributed by atoms with Crippen LogP contribution < -0.4 is 24.9 Å². The van der Waals surface area contributed by atoms with Gasteiger partial charge < -0.3 is 14.6 Å². The second-order valence-electron chi connectivity index (χ2n) is 9.79. The molecule has 0 bridgehead atoms. The largest absolute Gasteiger partial charge is 0.494 e. The molecule has 8 heteroatoms. The second kappa shape index (κ2) is 11.1. The first kappa shape index (κ1) is 26.5. The maximum atomic E-state index is 14.1. The molecule has 5 aromatic rings. The lowest BCUT2D eigenvalue weighted by molar-refractivity contribution is -0.113. The highest BCUT2D eigenvalue weighted by Crippen LogP contribution is 2.32. The average molecular weight is 563 g/mol. The summed E-state index contributed by atoms with van der Waals surface area (Å²) >= 11 is 1.34. The van der Waals surface area contributed by atoms with Gasteiger partial charge in [0.1, 0.15) is 5.75 Å². The number of allylic oxidation sites excluding steroid dienone is 1. The van der Waals surface area contributed by atoms with Gasteiger partial charge >= 0.3 is 0 Å². The van der Waals surface area contributed by atoms with E-state index in [1.54, 1.807) is 4.57 Å². The molecule has 41 heavy (non-hydrogen) atoms. The van der Waals surface area contributed by atoms with Gasteiger partial charge in [0.15, 0.2) is 4.80 Å². The predicted molar refractivity (Wildman–Crippen MR) is 164 cm³/mol. The topological polar surface area (TPSA) is 77.6 Å². The lowest BCUT2D eigenvalue weighted by atomic mass is 9.95. The summed E-state index contributed by atoms with van der Waals surface area (Å²) in [5.41, 5.74) is 4.40. The number of amides is 1. The van der Waals surface area contributed by atoms with Gasteiger partial charge in [0.05, 0.1) is 28.5 Å². The highest BCUT2D eigenvalue weighted by molar-refractivity contribution is 7.07. The fourth-order valence-electron chi connectivity index (χ4n) is 5.35. The van der Waals surface area contributed by atoms with E-state index in [2.05, 4.69) is 35.1 Å². The van der Waals surface area contributed by atoms with Crippen LogP contribution in [-0.4, -0.2) is 21.6 Å². The molecule has 1 aliphatic heterocycles. The van der Waals surface area contributed by atoms with Crippen molar-refractivity contribution < 1.29 is 9.53 Å². The van der Waals surface area contributed by atoms with Crippen LogP contribution in [-0.2, 0) is 11.3 Å². The number of thiazole rings is 1. The Labute approximate surface area is 241 Å². The van der Waals surface area contributed by atoms with Crippen molar-refractivity contribution in [1.29, 1.82) is 0 Å². The van der Waals surface area contributed by atoms with E-state index in [-0.39, 0.29) is 11.5 Å². The third-order valence-electron chi connectivity index (χ3n) is 7.25. The molecule has 206 valence electrons. The van der Waals surface area contributed by atoms with Crippen LogP contribution in [0.2, 0.25) is 0 Å². The summed E-state index contributed by atoms with van der Waals surface area (Å²) in [6, 6.07) is 24.4. The number of hydrogen-bond donors (Lipinski definition) is 1. The fraction of sp³-hybridized carbons (Fsp3) is 0.182. The Morgan fingerprint density at radius 2 is 1.76 bits per heavy atom. The number of benzene rings is 3. The van der Waals surface area contributed by atoms with E-state index in [1.165, 1.54) is 11.3 Å². The molecule has 0 saturated heterocycles. The lowest BCUT2D eigenvalue weighted by Gasteiger charge is -2.25. The Kier molecular flexibility index (Phi) is 7.15. The van der Waals surface area contributed by atoms with Gasteiger partial charge in [0.2, 0.25) is 0 Å². The quantitative estimate of drug-likeness (QED) is 0.295. The summed E-state index contributed by atoms with van der Waals surface area (Å²) < 4.78 is 10.0. The molecule has 0 radical (unpaired) electrons. The summed E-state index contributed by atoms with van der Waals surface area (Å²) in [6.07, 6.45) is 4.02. The molecule has 7 nitrogen and oxygen atoms in total. The number of nitrogens with one attached hydrogen (secondary N) is 1. The van der Waals surface area contributed by atoms with E-state index in [1.807, 2.05) is 86.7 Å². The molecule has 3 heterocycles. The van der Waals surface area contributed by atoms with Gasteiger partial charge in [-0.2, -0.15) is 0 Å².